The van der Waals surface area contributed by atoms with Crippen molar-refractivity contribution in [2.75, 3.05) is 33.4 Å². The Balaban J connectivity index is 1.50. The quantitative estimate of drug-likeness (QED) is 0.847. The molecule has 1 saturated heterocycles. The lowest BCUT2D eigenvalue weighted by atomic mass is 9.77. The van der Waals surface area contributed by atoms with Crippen LogP contribution in [0, 0.1) is 25.7 Å². The minimum absolute atomic E-state index is 0.0345. The normalized spacial score (nSPS) is 28.6. The van der Waals surface area contributed by atoms with Crippen LogP contribution in [0.5, 0.6) is 5.75 Å². The van der Waals surface area contributed by atoms with Gasteiger partial charge in [-0.05, 0) is 55.7 Å². The van der Waals surface area contributed by atoms with E-state index in [1.165, 1.54) is 11.1 Å². The smallest absolute Gasteiger partial charge is 0.217 e. The molecule has 144 valence electrons. The third-order valence-electron chi connectivity index (χ3n) is 6.10. The fourth-order valence-corrected chi connectivity index (χ4v) is 4.53. The first kappa shape index (κ1) is 19.2. The van der Waals surface area contributed by atoms with Gasteiger partial charge in [0.15, 0.2) is 0 Å². The monoisotopic (exact) mass is 360 g/mol. The summed E-state index contributed by atoms with van der Waals surface area (Å²) >= 11 is 0. The summed E-state index contributed by atoms with van der Waals surface area (Å²) in [7, 11) is 1.75. The molecule has 1 saturated carbocycles. The second-order valence-corrected chi connectivity index (χ2v) is 7.88. The molecule has 0 spiro atoms. The summed E-state index contributed by atoms with van der Waals surface area (Å²) in [5.74, 6) is 2.32. The molecule has 1 aromatic rings. The van der Waals surface area contributed by atoms with Crippen LogP contribution in [-0.2, 0) is 9.53 Å². The lowest BCUT2D eigenvalue weighted by molar-refractivity contribution is -0.121. The van der Waals surface area contributed by atoms with Gasteiger partial charge in [0.2, 0.25) is 5.91 Å². The van der Waals surface area contributed by atoms with Gasteiger partial charge >= 0.3 is 0 Å². The van der Waals surface area contributed by atoms with Gasteiger partial charge < -0.3 is 14.8 Å². The highest BCUT2D eigenvalue weighted by atomic mass is 16.5. The topological polar surface area (TPSA) is 50.8 Å². The first-order valence-corrected chi connectivity index (χ1v) is 9.69. The van der Waals surface area contributed by atoms with Crippen molar-refractivity contribution in [2.24, 2.45) is 11.8 Å². The van der Waals surface area contributed by atoms with E-state index in [0.717, 1.165) is 38.2 Å². The van der Waals surface area contributed by atoms with Crippen molar-refractivity contribution in [3.8, 4) is 5.75 Å². The molecule has 1 aliphatic carbocycles. The van der Waals surface area contributed by atoms with E-state index in [4.69, 9.17) is 9.47 Å². The van der Waals surface area contributed by atoms with E-state index < -0.39 is 0 Å². The maximum atomic E-state index is 11.5. The Bertz CT molecular complexity index is 634. The lowest BCUT2D eigenvalue weighted by Crippen LogP contribution is -2.49. The summed E-state index contributed by atoms with van der Waals surface area (Å²) in [4.78, 5) is 14.0. The molecular weight excluding hydrogens is 328 g/mol. The standard InChI is InChI=1S/C21H32N2O3/c1-14-6-5-7-20(15(14)2)26-9-8-23-12-17-10-19(22-16(3)24)21(25-4)11-18(17)13-23/h5-7,17-19,21H,8-13H2,1-4H3,(H,22,24)/t17-,18+,19-,21-/m1/s1. The fraction of sp³-hybridized carbons (Fsp3) is 0.667. The number of carbonyl (C=O) groups is 1. The number of nitrogens with zero attached hydrogens (tertiary/aromatic N) is 1. The number of carbonyl (C=O) groups excluding carboxylic acids is 1. The van der Waals surface area contributed by atoms with Crippen LogP contribution in [0.2, 0.25) is 0 Å². The van der Waals surface area contributed by atoms with E-state index in [1.807, 2.05) is 6.07 Å². The van der Waals surface area contributed by atoms with Gasteiger partial charge in [-0.1, -0.05) is 12.1 Å². The van der Waals surface area contributed by atoms with Gasteiger partial charge in [-0.3, -0.25) is 9.69 Å². The maximum Gasteiger partial charge on any atom is 0.217 e. The number of rotatable bonds is 6. The molecule has 2 fully saturated rings. The SMILES string of the molecule is CO[C@@H]1C[C@H]2CN(CCOc3cccc(C)c3C)C[C@H]2C[C@H]1NC(C)=O. The van der Waals surface area contributed by atoms with Crippen LogP contribution in [-0.4, -0.2) is 56.3 Å². The molecule has 0 bridgehead atoms. The molecule has 1 aromatic carbocycles. The van der Waals surface area contributed by atoms with E-state index in [1.54, 1.807) is 14.0 Å². The van der Waals surface area contributed by atoms with Crippen LogP contribution in [0.4, 0.5) is 0 Å². The number of hydrogen-bond acceptors (Lipinski definition) is 4. The molecule has 5 nitrogen and oxygen atoms in total. The van der Waals surface area contributed by atoms with Crippen molar-refractivity contribution in [3.05, 3.63) is 29.3 Å². The largest absolute Gasteiger partial charge is 0.492 e. The molecule has 3 rings (SSSR count). The van der Waals surface area contributed by atoms with E-state index >= 15 is 0 Å². The predicted octanol–water partition coefficient (Wildman–Crippen LogP) is 2.54. The van der Waals surface area contributed by atoms with Gasteiger partial charge in [-0.15, -0.1) is 0 Å². The van der Waals surface area contributed by atoms with Crippen molar-refractivity contribution in [1.29, 1.82) is 0 Å². The second-order valence-electron chi connectivity index (χ2n) is 7.88. The zero-order chi connectivity index (χ0) is 18.7. The number of amides is 1. The highest BCUT2D eigenvalue weighted by Crippen LogP contribution is 2.37. The minimum atomic E-state index is 0.0345. The summed E-state index contributed by atoms with van der Waals surface area (Å²) in [5, 5.41) is 3.08. The average molecular weight is 360 g/mol. The Morgan fingerprint density at radius 2 is 1.96 bits per heavy atom. The molecule has 1 N–H and O–H groups in total. The highest BCUT2D eigenvalue weighted by Gasteiger charge is 2.42. The lowest BCUT2D eigenvalue weighted by Gasteiger charge is -2.37. The predicted molar refractivity (Wildman–Crippen MR) is 102 cm³/mol. The minimum Gasteiger partial charge on any atom is -0.492 e. The van der Waals surface area contributed by atoms with Gasteiger partial charge in [-0.25, -0.2) is 0 Å². The molecular formula is C21H32N2O3. The number of hydrogen-bond donors (Lipinski definition) is 1. The Morgan fingerprint density at radius 1 is 1.23 bits per heavy atom. The summed E-state index contributed by atoms with van der Waals surface area (Å²) in [5.41, 5.74) is 2.49. The van der Waals surface area contributed by atoms with Gasteiger partial charge in [0.25, 0.3) is 0 Å². The number of aryl methyl sites for hydroxylation is 1. The van der Waals surface area contributed by atoms with Gasteiger partial charge in [0, 0.05) is 33.7 Å². The number of methoxy groups -OCH3 is 1. The zero-order valence-electron chi connectivity index (χ0n) is 16.5. The van der Waals surface area contributed by atoms with Crippen LogP contribution < -0.4 is 10.1 Å². The van der Waals surface area contributed by atoms with Crippen LogP contribution >= 0.6 is 0 Å². The van der Waals surface area contributed by atoms with Gasteiger partial charge in [0.05, 0.1) is 12.1 Å². The van der Waals surface area contributed by atoms with Crippen LogP contribution in [0.25, 0.3) is 0 Å². The molecule has 1 heterocycles. The van der Waals surface area contributed by atoms with E-state index in [-0.39, 0.29) is 18.1 Å². The highest BCUT2D eigenvalue weighted by molar-refractivity contribution is 5.73. The maximum absolute atomic E-state index is 11.5. The third-order valence-corrected chi connectivity index (χ3v) is 6.10. The first-order valence-electron chi connectivity index (χ1n) is 9.69. The van der Waals surface area contributed by atoms with E-state index in [0.29, 0.717) is 18.4 Å². The van der Waals surface area contributed by atoms with Crippen molar-refractivity contribution in [1.82, 2.24) is 10.2 Å². The van der Waals surface area contributed by atoms with Crippen molar-refractivity contribution >= 4 is 5.91 Å². The van der Waals surface area contributed by atoms with Crippen molar-refractivity contribution < 1.29 is 14.3 Å². The molecule has 4 atom stereocenters. The summed E-state index contributed by atoms with van der Waals surface area (Å²) in [6, 6.07) is 6.36. The molecule has 0 radical (unpaired) electrons. The van der Waals surface area contributed by atoms with Gasteiger partial charge in [-0.2, -0.15) is 0 Å². The fourth-order valence-electron chi connectivity index (χ4n) is 4.53. The Morgan fingerprint density at radius 3 is 2.65 bits per heavy atom. The Hall–Kier alpha value is -1.59. The number of nitrogens with one attached hydrogen (secondary N) is 1. The first-order chi connectivity index (χ1) is 12.5. The molecule has 1 amide bonds. The van der Waals surface area contributed by atoms with Gasteiger partial charge in [0.1, 0.15) is 12.4 Å². The van der Waals surface area contributed by atoms with Crippen molar-refractivity contribution in [3.63, 3.8) is 0 Å². The van der Waals surface area contributed by atoms with Crippen molar-refractivity contribution in [2.45, 2.75) is 45.8 Å². The summed E-state index contributed by atoms with van der Waals surface area (Å²) in [6.07, 6.45) is 2.17. The van der Waals surface area contributed by atoms with E-state index in [9.17, 15) is 4.79 Å². The molecule has 1 aliphatic heterocycles. The average Bonchev–Trinajstić information content (AvgIpc) is 2.99. The Kier molecular flexibility index (Phi) is 6.20. The van der Waals surface area contributed by atoms with Crippen LogP contribution in [0.1, 0.15) is 30.9 Å². The number of benzene rings is 1. The molecule has 2 aliphatic rings. The van der Waals surface area contributed by atoms with E-state index in [2.05, 4.69) is 36.2 Å². The van der Waals surface area contributed by atoms with Crippen LogP contribution in [0.3, 0.4) is 0 Å². The number of ether oxygens (including phenoxy) is 2. The second kappa shape index (κ2) is 8.40. The molecule has 5 heteroatoms. The number of likely N-dealkylation sites (tertiary alicyclic amines) is 1. The molecule has 0 unspecified atom stereocenters. The zero-order valence-corrected chi connectivity index (χ0v) is 16.5. The van der Waals surface area contributed by atoms with Crippen LogP contribution in [0.15, 0.2) is 18.2 Å². The third kappa shape index (κ3) is 4.38. The molecule has 26 heavy (non-hydrogen) atoms. The summed E-state index contributed by atoms with van der Waals surface area (Å²) in [6.45, 7) is 9.67. The number of fused-ring (bicyclic) bond motifs is 1. The summed E-state index contributed by atoms with van der Waals surface area (Å²) < 4.78 is 11.7. The Labute approximate surface area is 157 Å². The molecule has 0 aromatic heterocycles.